The molecule has 0 saturated carbocycles. The highest BCUT2D eigenvalue weighted by molar-refractivity contribution is 5.87. The van der Waals surface area contributed by atoms with Crippen LogP contribution >= 0.6 is 0 Å². The van der Waals surface area contributed by atoms with Crippen molar-refractivity contribution in [2.45, 2.75) is 32.6 Å². The standard InChI is InChI=1S/C19H23N5O/c1-4-18(25)24-9-5-6-16(12-24)15-7-8-20-17(11-15)23-19-21-13(2)10-14(3)22-19/h4,7-8,10-11,16H,1,5-6,9,12H2,2-3H3,(H,20,21,22,23)/t16-/m1/s1. The minimum Gasteiger partial charge on any atom is -0.339 e. The van der Waals surface area contributed by atoms with Crippen molar-refractivity contribution in [2.24, 2.45) is 0 Å². The predicted molar refractivity (Wildman–Crippen MR) is 97.8 cm³/mol. The normalized spacial score (nSPS) is 17.2. The molecular formula is C19H23N5O. The number of carbonyl (C=O) groups excluding carboxylic acids is 1. The van der Waals surface area contributed by atoms with Gasteiger partial charge in [0, 0.05) is 36.6 Å². The first-order valence-corrected chi connectivity index (χ1v) is 8.52. The largest absolute Gasteiger partial charge is 0.339 e. The van der Waals surface area contributed by atoms with Gasteiger partial charge >= 0.3 is 0 Å². The van der Waals surface area contributed by atoms with Crippen LogP contribution in [0.15, 0.2) is 37.1 Å². The van der Waals surface area contributed by atoms with Gasteiger partial charge in [-0.3, -0.25) is 4.79 Å². The molecule has 2 aromatic heterocycles. The highest BCUT2D eigenvalue weighted by Crippen LogP contribution is 2.28. The fraction of sp³-hybridized carbons (Fsp3) is 0.368. The quantitative estimate of drug-likeness (QED) is 0.868. The van der Waals surface area contributed by atoms with E-state index in [2.05, 4.69) is 26.8 Å². The molecule has 130 valence electrons. The minimum atomic E-state index is 0.000686. The summed E-state index contributed by atoms with van der Waals surface area (Å²) < 4.78 is 0. The number of hydrogen-bond acceptors (Lipinski definition) is 5. The highest BCUT2D eigenvalue weighted by Gasteiger charge is 2.23. The zero-order valence-electron chi connectivity index (χ0n) is 14.7. The number of aromatic nitrogens is 3. The van der Waals surface area contributed by atoms with E-state index in [0.717, 1.165) is 36.6 Å². The summed E-state index contributed by atoms with van der Waals surface area (Å²) in [6.07, 6.45) is 5.23. The van der Waals surface area contributed by atoms with Gasteiger partial charge in [0.25, 0.3) is 0 Å². The van der Waals surface area contributed by atoms with Gasteiger partial charge in [0.05, 0.1) is 0 Å². The number of nitrogens with zero attached hydrogens (tertiary/aromatic N) is 4. The van der Waals surface area contributed by atoms with Gasteiger partial charge in [0.1, 0.15) is 5.82 Å². The lowest BCUT2D eigenvalue weighted by atomic mass is 9.91. The molecule has 3 heterocycles. The Bertz CT molecular complexity index is 769. The van der Waals surface area contributed by atoms with E-state index < -0.39 is 0 Å². The molecule has 1 saturated heterocycles. The summed E-state index contributed by atoms with van der Waals surface area (Å²) in [6, 6.07) is 5.97. The lowest BCUT2D eigenvalue weighted by Gasteiger charge is -2.32. The monoisotopic (exact) mass is 337 g/mol. The Balaban J connectivity index is 1.77. The lowest BCUT2D eigenvalue weighted by molar-refractivity contribution is -0.127. The van der Waals surface area contributed by atoms with Crippen LogP contribution in [0.5, 0.6) is 0 Å². The van der Waals surface area contributed by atoms with Crippen molar-refractivity contribution < 1.29 is 4.79 Å². The van der Waals surface area contributed by atoms with E-state index >= 15 is 0 Å². The van der Waals surface area contributed by atoms with Gasteiger partial charge in [-0.2, -0.15) is 0 Å². The number of rotatable bonds is 4. The van der Waals surface area contributed by atoms with Crippen molar-refractivity contribution in [3.05, 3.63) is 54.0 Å². The number of pyridine rings is 1. The molecule has 1 fully saturated rings. The molecule has 2 aromatic rings. The molecule has 6 nitrogen and oxygen atoms in total. The maximum atomic E-state index is 11.9. The van der Waals surface area contributed by atoms with E-state index in [1.807, 2.05) is 36.9 Å². The third-order valence-electron chi connectivity index (χ3n) is 4.39. The second-order valence-electron chi connectivity index (χ2n) is 6.40. The average Bonchev–Trinajstić information content (AvgIpc) is 2.60. The predicted octanol–water partition coefficient (Wildman–Crippen LogP) is 3.12. The molecule has 0 aliphatic carbocycles. The van der Waals surface area contributed by atoms with Crippen LogP contribution in [0.25, 0.3) is 0 Å². The molecule has 1 N–H and O–H groups in total. The second kappa shape index (κ2) is 7.42. The maximum Gasteiger partial charge on any atom is 0.245 e. The topological polar surface area (TPSA) is 71.0 Å². The van der Waals surface area contributed by atoms with Gasteiger partial charge in [0.15, 0.2) is 0 Å². The Hall–Kier alpha value is -2.76. The van der Waals surface area contributed by atoms with Crippen LogP contribution in [0.1, 0.15) is 35.7 Å². The fourth-order valence-corrected chi connectivity index (χ4v) is 3.24. The van der Waals surface area contributed by atoms with Gasteiger partial charge in [-0.05, 0) is 56.5 Å². The van der Waals surface area contributed by atoms with Crippen molar-refractivity contribution in [3.63, 3.8) is 0 Å². The van der Waals surface area contributed by atoms with Crippen molar-refractivity contribution in [2.75, 3.05) is 18.4 Å². The second-order valence-corrected chi connectivity index (χ2v) is 6.40. The SMILES string of the molecule is C=CC(=O)N1CCC[C@@H](c2ccnc(Nc3nc(C)cc(C)n3)c2)C1. The third-order valence-corrected chi connectivity index (χ3v) is 4.39. The molecule has 1 amide bonds. The highest BCUT2D eigenvalue weighted by atomic mass is 16.2. The van der Waals surface area contributed by atoms with Crippen LogP contribution in [0.3, 0.4) is 0 Å². The number of carbonyl (C=O) groups is 1. The first kappa shape index (κ1) is 17.1. The van der Waals surface area contributed by atoms with Crippen LogP contribution in [-0.4, -0.2) is 38.8 Å². The van der Waals surface area contributed by atoms with Crippen molar-refractivity contribution >= 4 is 17.7 Å². The summed E-state index contributed by atoms with van der Waals surface area (Å²) in [6.45, 7) is 8.98. The van der Waals surface area contributed by atoms with Gasteiger partial charge in [0.2, 0.25) is 11.9 Å². The number of nitrogens with one attached hydrogen (secondary N) is 1. The molecule has 6 heteroatoms. The Kier molecular flexibility index (Phi) is 5.07. The summed E-state index contributed by atoms with van der Waals surface area (Å²) in [5, 5.41) is 3.18. The lowest BCUT2D eigenvalue weighted by Crippen LogP contribution is -2.38. The van der Waals surface area contributed by atoms with E-state index in [0.29, 0.717) is 18.4 Å². The number of piperidine rings is 1. The molecule has 1 aliphatic rings. The third kappa shape index (κ3) is 4.21. The summed E-state index contributed by atoms with van der Waals surface area (Å²) in [5.74, 6) is 1.58. The molecule has 3 rings (SSSR count). The van der Waals surface area contributed by atoms with Crippen LogP contribution < -0.4 is 5.32 Å². The molecular weight excluding hydrogens is 314 g/mol. The van der Waals surface area contributed by atoms with Gasteiger partial charge in [-0.25, -0.2) is 15.0 Å². The van der Waals surface area contributed by atoms with Crippen LogP contribution in [0.2, 0.25) is 0 Å². The molecule has 0 aromatic carbocycles. The van der Waals surface area contributed by atoms with Crippen molar-refractivity contribution in [1.82, 2.24) is 19.9 Å². The molecule has 1 aliphatic heterocycles. The Labute approximate surface area is 148 Å². The first-order valence-electron chi connectivity index (χ1n) is 8.52. The summed E-state index contributed by atoms with van der Waals surface area (Å²) in [5.41, 5.74) is 3.00. The van der Waals surface area contributed by atoms with Crippen molar-refractivity contribution in [3.8, 4) is 0 Å². The average molecular weight is 337 g/mol. The number of amides is 1. The smallest absolute Gasteiger partial charge is 0.245 e. The number of aryl methyl sites for hydroxylation is 2. The Morgan fingerprint density at radius 3 is 2.80 bits per heavy atom. The zero-order valence-corrected chi connectivity index (χ0v) is 14.7. The van der Waals surface area contributed by atoms with Gasteiger partial charge in [-0.15, -0.1) is 0 Å². The van der Waals surface area contributed by atoms with Gasteiger partial charge in [-0.1, -0.05) is 6.58 Å². The van der Waals surface area contributed by atoms with Crippen LogP contribution in [-0.2, 0) is 4.79 Å². The van der Waals surface area contributed by atoms with Crippen LogP contribution in [0, 0.1) is 13.8 Å². The molecule has 0 radical (unpaired) electrons. The molecule has 0 unspecified atom stereocenters. The summed E-state index contributed by atoms with van der Waals surface area (Å²) >= 11 is 0. The molecule has 0 bridgehead atoms. The van der Waals surface area contributed by atoms with E-state index in [-0.39, 0.29) is 5.91 Å². The summed E-state index contributed by atoms with van der Waals surface area (Å²) in [4.78, 5) is 26.9. The Morgan fingerprint density at radius 2 is 2.08 bits per heavy atom. The van der Waals surface area contributed by atoms with Gasteiger partial charge < -0.3 is 10.2 Å². The minimum absolute atomic E-state index is 0.000686. The van der Waals surface area contributed by atoms with Crippen LogP contribution in [0.4, 0.5) is 11.8 Å². The molecule has 25 heavy (non-hydrogen) atoms. The summed E-state index contributed by atoms with van der Waals surface area (Å²) in [7, 11) is 0. The van der Waals surface area contributed by atoms with Crippen molar-refractivity contribution in [1.29, 1.82) is 0 Å². The Morgan fingerprint density at radius 1 is 1.32 bits per heavy atom. The van der Waals surface area contributed by atoms with E-state index in [4.69, 9.17) is 0 Å². The first-order chi connectivity index (χ1) is 12.0. The number of hydrogen-bond donors (Lipinski definition) is 1. The van der Waals surface area contributed by atoms with E-state index in [1.165, 1.54) is 11.6 Å². The molecule has 1 atom stereocenters. The fourth-order valence-electron chi connectivity index (χ4n) is 3.24. The number of anilines is 2. The zero-order chi connectivity index (χ0) is 17.8. The van der Waals surface area contributed by atoms with E-state index in [9.17, 15) is 4.79 Å². The number of likely N-dealkylation sites (tertiary alicyclic amines) is 1. The molecule has 0 spiro atoms. The maximum absolute atomic E-state index is 11.9. The van der Waals surface area contributed by atoms with E-state index in [1.54, 1.807) is 6.20 Å².